The van der Waals surface area contributed by atoms with Gasteiger partial charge in [-0.05, 0) is 22.3 Å². The van der Waals surface area contributed by atoms with E-state index in [2.05, 4.69) is 0 Å². The molecule has 1 aliphatic heterocycles. The first-order chi connectivity index (χ1) is 22.7. The highest BCUT2D eigenvalue weighted by Crippen LogP contribution is 2.35. The fourth-order valence-corrected chi connectivity index (χ4v) is 5.62. The van der Waals surface area contributed by atoms with Crippen molar-refractivity contribution < 1.29 is 49.5 Å². The minimum Gasteiger partial charge on any atom is -0.374 e. The molecule has 0 amide bonds. The van der Waals surface area contributed by atoms with Gasteiger partial charge in [0.1, 0.15) is 24.4 Å². The number of hydrogen-bond acceptors (Lipinski definition) is 8. The Bertz CT molecular complexity index is 1590. The molecule has 1 fully saturated rings. The van der Waals surface area contributed by atoms with Gasteiger partial charge in [-0.15, -0.1) is 0 Å². The van der Waals surface area contributed by atoms with E-state index >= 15 is 0 Å². The van der Waals surface area contributed by atoms with Crippen LogP contribution in [0.25, 0.3) is 0 Å². The van der Waals surface area contributed by atoms with Crippen molar-refractivity contribution in [1.82, 2.24) is 0 Å². The predicted molar refractivity (Wildman–Crippen MR) is 166 cm³/mol. The monoisotopic (exact) mass is 672 g/mol. The molecule has 1 saturated heterocycles. The summed E-state index contributed by atoms with van der Waals surface area (Å²) < 4.78 is 102. The highest BCUT2D eigenvalue weighted by molar-refractivity contribution is 7.87. The van der Waals surface area contributed by atoms with Gasteiger partial charge in [0.05, 0.1) is 33.0 Å². The van der Waals surface area contributed by atoms with E-state index in [-0.39, 0.29) is 33.0 Å². The molecule has 0 N–H and O–H groups in total. The van der Waals surface area contributed by atoms with E-state index in [0.717, 1.165) is 16.7 Å². The average molecular weight is 673 g/mol. The van der Waals surface area contributed by atoms with Crippen LogP contribution >= 0.6 is 0 Å². The first-order valence-electron chi connectivity index (χ1n) is 14.9. The molecule has 4 aromatic carbocycles. The Morgan fingerprint density at radius 3 is 1.40 bits per heavy atom. The minimum atomic E-state index is -6.10. The second kappa shape index (κ2) is 16.5. The second-order valence-electron chi connectivity index (χ2n) is 10.8. The topological polar surface area (TPSA) is 89.5 Å². The van der Waals surface area contributed by atoms with Gasteiger partial charge >= 0.3 is 15.6 Å². The molecule has 1 heterocycles. The fourth-order valence-electron chi connectivity index (χ4n) is 4.98. The van der Waals surface area contributed by atoms with Gasteiger partial charge in [0.15, 0.2) is 6.29 Å². The zero-order chi connectivity index (χ0) is 33.1. The highest BCUT2D eigenvalue weighted by Gasteiger charge is 2.55. The summed E-state index contributed by atoms with van der Waals surface area (Å²) in [6.07, 6.45) is -7.02. The molecule has 0 saturated carbocycles. The largest absolute Gasteiger partial charge is 0.523 e. The van der Waals surface area contributed by atoms with Gasteiger partial charge in [-0.25, -0.2) is 0 Å². The molecule has 2 unspecified atom stereocenters. The SMILES string of the molecule is O=S(=O)(O[C@@H]1C(COCc2ccccc2)O[C@@H](OCc2ccccc2)C(OCc2ccccc2)[C@@H]1OCc1ccccc1)C(F)(F)F. The van der Waals surface area contributed by atoms with Crippen LogP contribution in [-0.2, 0) is 64.4 Å². The van der Waals surface area contributed by atoms with E-state index in [4.69, 9.17) is 27.9 Å². The summed E-state index contributed by atoms with van der Waals surface area (Å²) in [7, 11) is -6.10. The molecule has 8 nitrogen and oxygen atoms in total. The molecular weight excluding hydrogens is 637 g/mol. The third kappa shape index (κ3) is 9.94. The molecule has 47 heavy (non-hydrogen) atoms. The van der Waals surface area contributed by atoms with E-state index in [1.807, 2.05) is 91.0 Å². The van der Waals surface area contributed by atoms with Crippen molar-refractivity contribution in [2.75, 3.05) is 6.61 Å². The number of halogens is 3. The van der Waals surface area contributed by atoms with Gasteiger partial charge in [-0.3, -0.25) is 4.18 Å². The number of ether oxygens (including phenoxy) is 5. The Labute approximate surface area is 272 Å². The molecule has 0 radical (unpaired) electrons. The van der Waals surface area contributed by atoms with Gasteiger partial charge in [-0.1, -0.05) is 121 Å². The summed E-state index contributed by atoms with van der Waals surface area (Å²) in [6, 6.07) is 36.3. The number of benzene rings is 4. The van der Waals surface area contributed by atoms with E-state index in [9.17, 15) is 21.6 Å². The van der Waals surface area contributed by atoms with E-state index in [0.29, 0.717) is 5.56 Å². The average Bonchev–Trinajstić information content (AvgIpc) is 3.08. The summed E-state index contributed by atoms with van der Waals surface area (Å²) in [5.74, 6) is 0. The third-order valence-electron chi connectivity index (χ3n) is 7.33. The third-order valence-corrected chi connectivity index (χ3v) is 8.38. The van der Waals surface area contributed by atoms with Crippen LogP contribution in [0.2, 0.25) is 0 Å². The van der Waals surface area contributed by atoms with Crippen molar-refractivity contribution in [2.24, 2.45) is 0 Å². The van der Waals surface area contributed by atoms with Crippen LogP contribution in [0.3, 0.4) is 0 Å². The molecule has 0 spiro atoms. The number of hydrogen-bond donors (Lipinski definition) is 0. The Hall–Kier alpha value is -3.62. The van der Waals surface area contributed by atoms with E-state index < -0.39 is 46.3 Å². The molecule has 0 bridgehead atoms. The van der Waals surface area contributed by atoms with Crippen LogP contribution in [0.15, 0.2) is 121 Å². The van der Waals surface area contributed by atoms with Gasteiger partial charge in [0, 0.05) is 0 Å². The van der Waals surface area contributed by atoms with Crippen LogP contribution < -0.4 is 0 Å². The maximum atomic E-state index is 13.7. The van der Waals surface area contributed by atoms with Crippen molar-refractivity contribution >= 4 is 10.1 Å². The van der Waals surface area contributed by atoms with Crippen LogP contribution in [0.1, 0.15) is 22.3 Å². The highest BCUT2D eigenvalue weighted by atomic mass is 32.2. The normalized spacial score (nSPS) is 21.8. The molecule has 5 atom stereocenters. The molecule has 1 aliphatic rings. The maximum Gasteiger partial charge on any atom is 0.523 e. The molecule has 250 valence electrons. The number of alkyl halides is 3. The number of rotatable bonds is 15. The van der Waals surface area contributed by atoms with Gasteiger partial charge in [0.25, 0.3) is 0 Å². The zero-order valence-corrected chi connectivity index (χ0v) is 26.1. The molecule has 0 aliphatic carbocycles. The van der Waals surface area contributed by atoms with Crippen LogP contribution in [0.4, 0.5) is 13.2 Å². The standard InChI is InChI=1S/C35H35F3O8S/c36-35(37,38)47(39,40)46-31-30(25-41-21-26-13-5-1-6-14-26)45-34(44-24-29-19-11-4-12-20-29)33(43-23-28-17-9-3-10-18-28)32(31)42-22-27-15-7-2-8-16-27/h1-20,30-34H,21-25H2/t30?,31-,32-,33?,34-/m1/s1. The lowest BCUT2D eigenvalue weighted by atomic mass is 9.98. The van der Waals surface area contributed by atoms with Crippen LogP contribution in [-0.4, -0.2) is 51.2 Å². The van der Waals surface area contributed by atoms with Crippen molar-refractivity contribution in [3.05, 3.63) is 144 Å². The Morgan fingerprint density at radius 2 is 0.957 bits per heavy atom. The second-order valence-corrected chi connectivity index (χ2v) is 12.4. The quantitative estimate of drug-likeness (QED) is 0.104. The molecular formula is C35H35F3O8S. The summed E-state index contributed by atoms with van der Waals surface area (Å²) in [5.41, 5.74) is -2.66. The molecule has 0 aromatic heterocycles. The smallest absolute Gasteiger partial charge is 0.374 e. The van der Waals surface area contributed by atoms with Crippen molar-refractivity contribution in [3.63, 3.8) is 0 Å². The Kier molecular flexibility index (Phi) is 12.2. The van der Waals surface area contributed by atoms with Gasteiger partial charge in [0.2, 0.25) is 0 Å². The Morgan fingerprint density at radius 1 is 0.553 bits per heavy atom. The summed E-state index contributed by atoms with van der Waals surface area (Å²) in [4.78, 5) is 0. The zero-order valence-electron chi connectivity index (χ0n) is 25.3. The fraction of sp³-hybridized carbons (Fsp3) is 0.314. The van der Waals surface area contributed by atoms with E-state index in [1.165, 1.54) is 0 Å². The van der Waals surface area contributed by atoms with Crippen molar-refractivity contribution in [3.8, 4) is 0 Å². The van der Waals surface area contributed by atoms with Crippen molar-refractivity contribution in [2.45, 2.75) is 62.6 Å². The van der Waals surface area contributed by atoms with Gasteiger partial charge < -0.3 is 23.7 Å². The maximum absolute atomic E-state index is 13.7. The summed E-state index contributed by atoms with van der Waals surface area (Å²) in [6.45, 7) is -0.288. The predicted octanol–water partition coefficient (Wildman–Crippen LogP) is 6.55. The Balaban J connectivity index is 1.49. The van der Waals surface area contributed by atoms with Crippen LogP contribution in [0.5, 0.6) is 0 Å². The molecule has 5 rings (SSSR count). The van der Waals surface area contributed by atoms with Crippen molar-refractivity contribution in [1.29, 1.82) is 0 Å². The lowest BCUT2D eigenvalue weighted by Crippen LogP contribution is -2.62. The minimum absolute atomic E-state index is 0.000818. The molecule has 4 aromatic rings. The molecule has 12 heteroatoms. The summed E-state index contributed by atoms with van der Waals surface area (Å²) >= 11 is 0. The summed E-state index contributed by atoms with van der Waals surface area (Å²) in [5, 5.41) is 0. The van der Waals surface area contributed by atoms with E-state index in [1.54, 1.807) is 30.3 Å². The first kappa shape index (κ1) is 34.7. The van der Waals surface area contributed by atoms with Gasteiger partial charge in [-0.2, -0.15) is 21.6 Å². The lowest BCUT2D eigenvalue weighted by Gasteiger charge is -2.45. The lowest BCUT2D eigenvalue weighted by molar-refractivity contribution is -0.320. The first-order valence-corrected chi connectivity index (χ1v) is 16.3. The van der Waals surface area contributed by atoms with Crippen LogP contribution in [0, 0.1) is 0 Å².